The normalized spacial score (nSPS) is 20.4. The van der Waals surface area contributed by atoms with Gasteiger partial charge in [0.05, 0.1) is 12.8 Å². The fraction of sp³-hybridized carbons (Fsp3) is 0.524. The first-order valence-corrected chi connectivity index (χ1v) is 9.84. The number of aryl methyl sites for hydroxylation is 1. The molecule has 3 heterocycles. The third-order valence-corrected chi connectivity index (χ3v) is 5.68. The number of likely N-dealkylation sites (tertiary alicyclic amines) is 1. The number of nitrogens with zero attached hydrogens (tertiary/aromatic N) is 3. The van der Waals surface area contributed by atoms with E-state index in [0.717, 1.165) is 56.5 Å². The molecular formula is C21H28N4O2. The van der Waals surface area contributed by atoms with E-state index in [9.17, 15) is 4.79 Å². The van der Waals surface area contributed by atoms with Crippen LogP contribution in [0.1, 0.15) is 42.0 Å². The zero-order valence-corrected chi connectivity index (χ0v) is 16.2. The summed E-state index contributed by atoms with van der Waals surface area (Å²) in [5.74, 6) is 1.99. The van der Waals surface area contributed by atoms with Gasteiger partial charge >= 0.3 is 0 Å². The van der Waals surface area contributed by atoms with Crippen molar-refractivity contribution in [3.63, 3.8) is 0 Å². The maximum absolute atomic E-state index is 12.2. The molecule has 144 valence electrons. The molecule has 2 saturated heterocycles. The van der Waals surface area contributed by atoms with Gasteiger partial charge in [-0.15, -0.1) is 0 Å². The Bertz CT molecular complexity index is 858. The standard InChI is InChI=1S/C21H28N4O2/c1-15-5-6-19(27-2)17(11-15)14-24-10-7-16(13-24)18-12-20(26)23-21(22-18)25-8-3-4-9-25/h5-6,11-12,16H,3-4,7-10,13-14H2,1-2H3,(H,22,23,26)/t16-/m0/s1. The van der Waals surface area contributed by atoms with Crippen molar-refractivity contribution in [3.8, 4) is 5.75 Å². The van der Waals surface area contributed by atoms with Crippen molar-refractivity contribution < 1.29 is 4.74 Å². The van der Waals surface area contributed by atoms with E-state index in [1.54, 1.807) is 13.2 Å². The van der Waals surface area contributed by atoms with Crippen LogP contribution in [0.3, 0.4) is 0 Å². The largest absolute Gasteiger partial charge is 0.496 e. The molecule has 1 N–H and O–H groups in total. The lowest BCUT2D eigenvalue weighted by molar-refractivity contribution is 0.316. The van der Waals surface area contributed by atoms with Crippen molar-refractivity contribution in [2.24, 2.45) is 0 Å². The number of methoxy groups -OCH3 is 1. The summed E-state index contributed by atoms with van der Waals surface area (Å²) < 4.78 is 5.52. The van der Waals surface area contributed by atoms with E-state index in [4.69, 9.17) is 9.72 Å². The number of nitrogens with one attached hydrogen (secondary N) is 1. The molecule has 2 aliphatic heterocycles. The van der Waals surface area contributed by atoms with Gasteiger partial charge in [-0.05, 0) is 38.8 Å². The lowest BCUT2D eigenvalue weighted by Gasteiger charge is -2.19. The smallest absolute Gasteiger partial charge is 0.252 e. The highest BCUT2D eigenvalue weighted by molar-refractivity contribution is 5.37. The summed E-state index contributed by atoms with van der Waals surface area (Å²) in [5, 5.41) is 0. The molecule has 2 aromatic rings. The van der Waals surface area contributed by atoms with E-state index >= 15 is 0 Å². The molecule has 2 aliphatic rings. The Labute approximate surface area is 160 Å². The molecule has 1 aromatic carbocycles. The van der Waals surface area contributed by atoms with E-state index in [1.807, 2.05) is 6.07 Å². The number of hydrogen-bond acceptors (Lipinski definition) is 5. The molecule has 0 saturated carbocycles. The minimum atomic E-state index is -0.0410. The van der Waals surface area contributed by atoms with Crippen molar-refractivity contribution in [1.29, 1.82) is 0 Å². The van der Waals surface area contributed by atoms with Gasteiger partial charge in [-0.3, -0.25) is 14.7 Å². The third-order valence-electron chi connectivity index (χ3n) is 5.68. The zero-order chi connectivity index (χ0) is 18.8. The average molecular weight is 368 g/mol. The molecule has 0 unspecified atom stereocenters. The molecule has 0 amide bonds. The van der Waals surface area contributed by atoms with Gasteiger partial charge in [0.2, 0.25) is 5.95 Å². The molecule has 6 nitrogen and oxygen atoms in total. The van der Waals surface area contributed by atoms with Crippen LogP contribution in [-0.4, -0.2) is 48.2 Å². The highest BCUT2D eigenvalue weighted by Gasteiger charge is 2.27. The van der Waals surface area contributed by atoms with Gasteiger partial charge in [0, 0.05) is 43.7 Å². The Morgan fingerprint density at radius 3 is 2.81 bits per heavy atom. The molecule has 6 heteroatoms. The van der Waals surface area contributed by atoms with Crippen LogP contribution in [0.25, 0.3) is 0 Å². The molecule has 1 aromatic heterocycles. The first-order valence-electron chi connectivity index (χ1n) is 9.84. The predicted octanol–water partition coefficient (Wildman–Crippen LogP) is 2.68. The molecule has 0 aliphatic carbocycles. The predicted molar refractivity (Wildman–Crippen MR) is 107 cm³/mol. The van der Waals surface area contributed by atoms with E-state index in [2.05, 4.69) is 33.8 Å². The van der Waals surface area contributed by atoms with Crippen LogP contribution in [0.4, 0.5) is 5.95 Å². The summed E-state index contributed by atoms with van der Waals surface area (Å²) in [7, 11) is 1.72. The highest BCUT2D eigenvalue weighted by atomic mass is 16.5. The van der Waals surface area contributed by atoms with Crippen molar-refractivity contribution >= 4 is 5.95 Å². The van der Waals surface area contributed by atoms with E-state index in [1.165, 1.54) is 24.0 Å². The summed E-state index contributed by atoms with van der Waals surface area (Å²) in [6.07, 6.45) is 3.37. The number of hydrogen-bond donors (Lipinski definition) is 1. The first kappa shape index (κ1) is 18.0. The molecule has 0 spiro atoms. The maximum atomic E-state index is 12.2. The van der Waals surface area contributed by atoms with Crippen LogP contribution in [0.2, 0.25) is 0 Å². The molecule has 27 heavy (non-hydrogen) atoms. The van der Waals surface area contributed by atoms with Gasteiger partial charge in [-0.25, -0.2) is 4.98 Å². The van der Waals surface area contributed by atoms with E-state index < -0.39 is 0 Å². The Morgan fingerprint density at radius 1 is 1.22 bits per heavy atom. The van der Waals surface area contributed by atoms with Gasteiger partial charge in [-0.2, -0.15) is 0 Å². The minimum absolute atomic E-state index is 0.0410. The second-order valence-electron chi connectivity index (χ2n) is 7.72. The highest BCUT2D eigenvalue weighted by Crippen LogP contribution is 2.29. The summed E-state index contributed by atoms with van der Waals surface area (Å²) in [4.78, 5) is 24.5. The van der Waals surface area contributed by atoms with Gasteiger partial charge in [0.25, 0.3) is 5.56 Å². The Balaban J connectivity index is 1.48. The number of aromatic nitrogens is 2. The number of rotatable bonds is 5. The number of aromatic amines is 1. The molecular weight excluding hydrogens is 340 g/mol. The van der Waals surface area contributed by atoms with Gasteiger partial charge in [0.15, 0.2) is 0 Å². The zero-order valence-electron chi connectivity index (χ0n) is 16.2. The summed E-state index contributed by atoms with van der Waals surface area (Å²) >= 11 is 0. The average Bonchev–Trinajstić information content (AvgIpc) is 3.33. The van der Waals surface area contributed by atoms with Gasteiger partial charge in [-0.1, -0.05) is 17.7 Å². The maximum Gasteiger partial charge on any atom is 0.252 e. The number of benzene rings is 1. The fourth-order valence-corrected chi connectivity index (χ4v) is 4.24. The quantitative estimate of drug-likeness (QED) is 0.879. The van der Waals surface area contributed by atoms with Crippen LogP contribution >= 0.6 is 0 Å². The fourth-order valence-electron chi connectivity index (χ4n) is 4.24. The molecule has 2 fully saturated rings. The second kappa shape index (κ2) is 7.72. The second-order valence-corrected chi connectivity index (χ2v) is 7.72. The molecule has 4 rings (SSSR count). The molecule has 1 atom stereocenters. The van der Waals surface area contributed by atoms with Crippen LogP contribution in [-0.2, 0) is 6.54 Å². The lowest BCUT2D eigenvalue weighted by atomic mass is 10.0. The Morgan fingerprint density at radius 2 is 2.04 bits per heavy atom. The first-order chi connectivity index (χ1) is 13.1. The Kier molecular flexibility index (Phi) is 5.16. The monoisotopic (exact) mass is 368 g/mol. The molecule has 0 radical (unpaired) electrons. The van der Waals surface area contributed by atoms with Crippen molar-refractivity contribution in [2.75, 3.05) is 38.2 Å². The lowest BCUT2D eigenvalue weighted by Crippen LogP contribution is -2.25. The number of ether oxygens (including phenoxy) is 1. The number of H-pyrrole nitrogens is 1. The third kappa shape index (κ3) is 4.00. The van der Waals surface area contributed by atoms with E-state index in [-0.39, 0.29) is 5.56 Å². The van der Waals surface area contributed by atoms with Crippen molar-refractivity contribution in [3.05, 3.63) is 51.4 Å². The van der Waals surface area contributed by atoms with Crippen LogP contribution in [0, 0.1) is 6.92 Å². The van der Waals surface area contributed by atoms with Crippen molar-refractivity contribution in [1.82, 2.24) is 14.9 Å². The molecule has 0 bridgehead atoms. The topological polar surface area (TPSA) is 61.5 Å². The Hall–Kier alpha value is -2.34. The van der Waals surface area contributed by atoms with Crippen LogP contribution < -0.4 is 15.2 Å². The SMILES string of the molecule is COc1ccc(C)cc1CN1CC[C@H](c2cc(=O)[nH]c(N3CCCC3)n2)C1. The summed E-state index contributed by atoms with van der Waals surface area (Å²) in [6, 6.07) is 8.00. The summed E-state index contributed by atoms with van der Waals surface area (Å²) in [6.45, 7) is 6.87. The minimum Gasteiger partial charge on any atom is -0.496 e. The summed E-state index contributed by atoms with van der Waals surface area (Å²) in [5.41, 5.74) is 3.35. The van der Waals surface area contributed by atoms with Crippen LogP contribution in [0.15, 0.2) is 29.1 Å². The van der Waals surface area contributed by atoms with Crippen LogP contribution in [0.5, 0.6) is 5.75 Å². The number of anilines is 1. The van der Waals surface area contributed by atoms with Gasteiger partial charge < -0.3 is 9.64 Å². The van der Waals surface area contributed by atoms with Crippen molar-refractivity contribution in [2.45, 2.75) is 38.6 Å². The van der Waals surface area contributed by atoms with Gasteiger partial charge in [0.1, 0.15) is 5.75 Å². The van der Waals surface area contributed by atoms with E-state index in [0.29, 0.717) is 5.92 Å².